The minimum Gasteiger partial charge on any atom is -0.387 e. The largest absolute Gasteiger partial charge is 0.469 e. The molecule has 27 heteroatoms. The first-order valence-corrected chi connectivity index (χ1v) is 18.4. The molecular weight excluding hydrogens is 762 g/mol. The molecule has 0 saturated carbocycles. The number of rotatable bonds is 16. The van der Waals surface area contributed by atoms with Gasteiger partial charge in [-0.15, -0.1) is 12.4 Å². The number of aromatic nitrogens is 6. The number of aliphatic hydroxyl groups is 2. The van der Waals surface area contributed by atoms with Crippen molar-refractivity contribution in [2.75, 3.05) is 59.0 Å². The van der Waals surface area contributed by atoms with E-state index in [2.05, 4.69) is 25.0 Å². The summed E-state index contributed by atoms with van der Waals surface area (Å²) < 4.78 is 62.3. The van der Waals surface area contributed by atoms with E-state index in [9.17, 15) is 38.7 Å². The molecule has 5 heterocycles. The number of hydrogen-bond donors (Lipinski definition) is 8. The van der Waals surface area contributed by atoms with E-state index in [1.807, 2.05) is 19.0 Å². The number of phosphoric acid groups is 1. The summed E-state index contributed by atoms with van der Waals surface area (Å²) >= 11 is 0. The summed E-state index contributed by atoms with van der Waals surface area (Å²) in [6, 6.07) is 1.29. The van der Waals surface area contributed by atoms with Crippen molar-refractivity contribution in [3.63, 3.8) is 0 Å². The summed E-state index contributed by atoms with van der Waals surface area (Å²) in [6.07, 6.45) is -8.49. The average molecular weight is 803 g/mol. The molecule has 292 valence electrons. The van der Waals surface area contributed by atoms with Gasteiger partial charge in [-0.1, -0.05) is 0 Å². The number of ether oxygens (including phenoxy) is 3. The number of aliphatic hydroxyl groups excluding tert-OH is 2. The van der Waals surface area contributed by atoms with Crippen molar-refractivity contribution in [1.82, 2.24) is 39.1 Å². The van der Waals surface area contributed by atoms with Crippen LogP contribution in [0.4, 0.5) is 11.8 Å². The molecule has 10 N–H and O–H groups in total. The predicted octanol–water partition coefficient (Wildman–Crippen LogP) is -2.35. The highest BCUT2D eigenvalue weighted by atomic mass is 35.5. The fourth-order valence-electron chi connectivity index (χ4n) is 5.52. The molecule has 9 atom stereocenters. The van der Waals surface area contributed by atoms with Gasteiger partial charge in [0.05, 0.1) is 19.5 Å². The Hall–Kier alpha value is -2.90. The summed E-state index contributed by atoms with van der Waals surface area (Å²) in [4.78, 5) is 59.7. The molecule has 0 spiro atoms. The van der Waals surface area contributed by atoms with Crippen LogP contribution in [0.1, 0.15) is 18.9 Å². The number of halogens is 1. The van der Waals surface area contributed by atoms with Gasteiger partial charge in [-0.2, -0.15) is 9.97 Å². The van der Waals surface area contributed by atoms with E-state index >= 15 is 0 Å². The molecule has 2 aliphatic heterocycles. The Morgan fingerprint density at radius 1 is 1.02 bits per heavy atom. The van der Waals surface area contributed by atoms with E-state index in [0.29, 0.717) is 13.0 Å². The lowest BCUT2D eigenvalue weighted by Gasteiger charge is -2.29. The van der Waals surface area contributed by atoms with E-state index in [1.54, 1.807) is 0 Å². The van der Waals surface area contributed by atoms with Crippen LogP contribution < -0.4 is 27.8 Å². The van der Waals surface area contributed by atoms with Crippen molar-refractivity contribution < 1.29 is 56.9 Å². The fourth-order valence-corrected chi connectivity index (χ4v) is 7.44. The van der Waals surface area contributed by atoms with E-state index in [0.717, 1.165) is 4.57 Å². The highest BCUT2D eigenvalue weighted by Crippen LogP contribution is 2.51. The molecule has 0 aliphatic carbocycles. The minimum absolute atomic E-state index is 0. The number of imidazole rings is 1. The Morgan fingerprint density at radius 2 is 1.71 bits per heavy atom. The van der Waals surface area contributed by atoms with Crippen molar-refractivity contribution in [2.24, 2.45) is 0 Å². The van der Waals surface area contributed by atoms with Crippen LogP contribution in [0.5, 0.6) is 0 Å². The Kier molecular flexibility index (Phi) is 13.7. The van der Waals surface area contributed by atoms with Gasteiger partial charge in [0.15, 0.2) is 23.6 Å². The topological polar surface area (TPSA) is 336 Å². The third-order valence-electron chi connectivity index (χ3n) is 7.91. The van der Waals surface area contributed by atoms with Gasteiger partial charge < -0.3 is 50.6 Å². The van der Waals surface area contributed by atoms with Gasteiger partial charge in [0.1, 0.15) is 42.4 Å². The molecule has 0 radical (unpaired) electrons. The number of methoxy groups -OCH3 is 1. The van der Waals surface area contributed by atoms with Crippen LogP contribution in [-0.4, -0.2) is 138 Å². The van der Waals surface area contributed by atoms with Gasteiger partial charge in [-0.3, -0.25) is 32.5 Å². The lowest BCUT2D eigenvalue weighted by molar-refractivity contribution is -0.0578. The number of hydrogen-bond acceptors (Lipinski definition) is 18. The molecule has 0 amide bonds. The number of nitrogens with two attached hydrogens (primary N) is 2. The summed E-state index contributed by atoms with van der Waals surface area (Å²) in [5.41, 5.74) is 9.63. The van der Waals surface area contributed by atoms with Crippen molar-refractivity contribution in [3.05, 3.63) is 39.4 Å². The van der Waals surface area contributed by atoms with Crippen molar-refractivity contribution in [2.45, 2.75) is 55.5 Å². The maximum absolute atomic E-state index is 14.5. The van der Waals surface area contributed by atoms with Gasteiger partial charge in [-0.05, 0) is 33.1 Å². The Labute approximate surface area is 300 Å². The van der Waals surface area contributed by atoms with Crippen LogP contribution in [0.25, 0.3) is 11.2 Å². The quantitative estimate of drug-likeness (QED) is 0.0555. The molecule has 0 bridgehead atoms. The Balaban J connectivity index is 0.00000605. The molecule has 3 aromatic heterocycles. The maximum Gasteiger partial charge on any atom is 0.469 e. The smallest absolute Gasteiger partial charge is 0.387 e. The second-order valence-electron chi connectivity index (χ2n) is 11.8. The zero-order chi connectivity index (χ0) is 37.2. The van der Waals surface area contributed by atoms with Crippen LogP contribution in [0.3, 0.4) is 0 Å². The zero-order valence-electron chi connectivity index (χ0n) is 27.9. The Bertz CT molecular complexity index is 1890. The number of H-pyrrole nitrogens is 1. The minimum atomic E-state index is -5.06. The standard InChI is InChI=1S/C25H40N10O14P2.ClH/c1-33(2)7-4-6-29-50(40,45-9-12-16(36)17(37)22(47-12)34-8-5-14(26)30-25(34)39)49-18-13(10-46-51(41,42)43)48-23(19(18)44-3)35-11-28-15-20(35)31-24(27)32-21(15)38;/h5,8,11-13,16-19,22-23,36-37H,4,6-7,9-10H2,1-3H3,(H,29,40)(H2,26,30,39)(H2,41,42,43)(H3,27,31,32,38);1H/t12-,13+,16-,17-,18-,19-,22+,23-,50?;/m1./s1. The molecule has 52 heavy (non-hydrogen) atoms. The number of nitrogens with one attached hydrogen (secondary N) is 2. The van der Waals surface area contributed by atoms with Crippen LogP contribution in [0, 0.1) is 0 Å². The second-order valence-corrected chi connectivity index (χ2v) is 14.9. The molecule has 2 aliphatic rings. The van der Waals surface area contributed by atoms with Crippen molar-refractivity contribution >= 4 is 50.9 Å². The number of phosphoric ester groups is 1. The lowest BCUT2D eigenvalue weighted by atomic mass is 10.1. The first kappa shape index (κ1) is 41.9. The SMILES string of the molecule is CO[C@@H]1[C@H](OP(=O)(NCCCN(C)C)OC[C@H]2O[C@H](n3ccc(N)nc3=O)[C@H](O)[C@@H]2O)[C@H](COP(=O)(O)O)O[C@H]1n1cnc2c(=O)[nH]c(N)nc21.Cl. The normalized spacial score (nSPS) is 27.6. The van der Waals surface area contributed by atoms with Gasteiger partial charge >= 0.3 is 21.3 Å². The molecule has 2 saturated heterocycles. The highest BCUT2D eigenvalue weighted by Gasteiger charge is 2.52. The zero-order valence-corrected chi connectivity index (χ0v) is 30.5. The Morgan fingerprint density at radius 3 is 2.37 bits per heavy atom. The van der Waals surface area contributed by atoms with E-state index in [-0.39, 0.29) is 41.9 Å². The number of anilines is 2. The first-order chi connectivity index (χ1) is 24.0. The molecule has 5 rings (SSSR count). The first-order valence-electron chi connectivity index (χ1n) is 15.3. The second kappa shape index (κ2) is 17.1. The third-order valence-corrected chi connectivity index (χ3v) is 10.0. The van der Waals surface area contributed by atoms with Gasteiger partial charge in [0.25, 0.3) is 5.56 Å². The molecular formula is C25H41ClN10O14P2. The predicted molar refractivity (Wildman–Crippen MR) is 181 cm³/mol. The fraction of sp³-hybridized carbons (Fsp3) is 0.640. The van der Waals surface area contributed by atoms with E-state index in [4.69, 9.17) is 39.2 Å². The average Bonchev–Trinajstić information content (AvgIpc) is 3.70. The molecule has 2 fully saturated rings. The van der Waals surface area contributed by atoms with Crippen LogP contribution in [0.15, 0.2) is 28.2 Å². The van der Waals surface area contributed by atoms with Gasteiger partial charge in [-0.25, -0.2) is 24.0 Å². The summed E-state index contributed by atoms with van der Waals surface area (Å²) in [7, 11) is -4.66. The van der Waals surface area contributed by atoms with E-state index < -0.39 is 89.1 Å². The maximum atomic E-state index is 14.5. The van der Waals surface area contributed by atoms with Crippen LogP contribution in [0.2, 0.25) is 0 Å². The number of nitrogens with zero attached hydrogens (tertiary/aromatic N) is 6. The lowest BCUT2D eigenvalue weighted by Crippen LogP contribution is -2.39. The summed E-state index contributed by atoms with van der Waals surface area (Å²) in [5, 5.41) is 24.2. The van der Waals surface area contributed by atoms with Gasteiger partial charge in [0.2, 0.25) is 5.95 Å². The van der Waals surface area contributed by atoms with Crippen molar-refractivity contribution in [3.8, 4) is 0 Å². The number of fused-ring (bicyclic) bond motifs is 1. The van der Waals surface area contributed by atoms with Crippen molar-refractivity contribution in [1.29, 1.82) is 0 Å². The molecule has 3 aromatic rings. The van der Waals surface area contributed by atoms with Crippen LogP contribution >= 0.6 is 28.0 Å². The van der Waals surface area contributed by atoms with E-state index in [1.165, 1.54) is 30.3 Å². The van der Waals surface area contributed by atoms with Gasteiger partial charge in [0, 0.05) is 19.9 Å². The number of aromatic amines is 1. The third kappa shape index (κ3) is 9.60. The summed E-state index contributed by atoms with van der Waals surface area (Å²) in [6.45, 7) is -0.817. The molecule has 0 aromatic carbocycles. The highest BCUT2D eigenvalue weighted by molar-refractivity contribution is 7.51. The summed E-state index contributed by atoms with van der Waals surface area (Å²) in [5.74, 6) is -0.314. The monoisotopic (exact) mass is 802 g/mol. The molecule has 24 nitrogen and oxygen atoms in total. The number of nitrogen functional groups attached to an aromatic ring is 2. The van der Waals surface area contributed by atoms with Crippen LogP contribution in [-0.2, 0) is 36.9 Å². The molecule has 1 unspecified atom stereocenters.